The number of halogens is 1. The van der Waals surface area contributed by atoms with Gasteiger partial charge in [-0.2, -0.15) is 0 Å². The van der Waals surface area contributed by atoms with Gasteiger partial charge in [0.15, 0.2) is 0 Å². The van der Waals surface area contributed by atoms with Gasteiger partial charge >= 0.3 is 0 Å². The Balaban J connectivity index is 1.77. The number of likely N-dealkylation sites (N-methyl/N-ethyl adjacent to an activating group) is 1. The highest BCUT2D eigenvalue weighted by Crippen LogP contribution is 2.14. The molecule has 0 atom stereocenters. The van der Waals surface area contributed by atoms with Crippen LogP contribution >= 0.6 is 11.6 Å². The second kappa shape index (κ2) is 10.7. The molecule has 0 saturated carbocycles. The van der Waals surface area contributed by atoms with Crippen LogP contribution in [0.4, 0.5) is 5.69 Å². The first kappa shape index (κ1) is 20.9. The number of hydrogen-bond acceptors (Lipinski definition) is 4. The van der Waals surface area contributed by atoms with Crippen LogP contribution in [-0.2, 0) is 27.5 Å². The van der Waals surface area contributed by atoms with Crippen molar-refractivity contribution >= 4 is 29.1 Å². The van der Waals surface area contributed by atoms with E-state index in [1.165, 1.54) is 0 Å². The topological polar surface area (TPSA) is 70.7 Å². The molecule has 6 nitrogen and oxygen atoms in total. The number of benzene rings is 2. The number of ether oxygens (including phenoxy) is 1. The summed E-state index contributed by atoms with van der Waals surface area (Å²) >= 11 is 5.90. The average molecular weight is 390 g/mol. The molecule has 0 fully saturated rings. The van der Waals surface area contributed by atoms with Gasteiger partial charge in [0.2, 0.25) is 11.8 Å². The number of nitrogens with zero attached hydrogens (tertiary/aromatic N) is 1. The molecule has 0 radical (unpaired) electrons. The minimum Gasteiger partial charge on any atom is -0.380 e. The zero-order valence-corrected chi connectivity index (χ0v) is 16.3. The summed E-state index contributed by atoms with van der Waals surface area (Å²) in [6, 6.07) is 14.7. The average Bonchev–Trinajstić information content (AvgIpc) is 2.61. The largest absolute Gasteiger partial charge is 0.380 e. The van der Waals surface area contributed by atoms with E-state index in [-0.39, 0.29) is 24.9 Å². The van der Waals surface area contributed by atoms with Crippen LogP contribution in [0.25, 0.3) is 0 Å². The van der Waals surface area contributed by atoms with E-state index in [0.717, 1.165) is 11.1 Å². The lowest BCUT2D eigenvalue weighted by atomic mass is 10.1. The Morgan fingerprint density at radius 1 is 1.04 bits per heavy atom. The van der Waals surface area contributed by atoms with E-state index < -0.39 is 0 Å². The Bertz CT molecular complexity index is 783. The fourth-order valence-corrected chi connectivity index (χ4v) is 2.78. The molecule has 27 heavy (non-hydrogen) atoms. The first-order valence-electron chi connectivity index (χ1n) is 8.54. The third-order valence-corrected chi connectivity index (χ3v) is 4.06. The normalized spacial score (nSPS) is 10.7. The lowest BCUT2D eigenvalue weighted by molar-refractivity contribution is -0.123. The predicted octanol–water partition coefficient (Wildman–Crippen LogP) is 2.67. The quantitative estimate of drug-likeness (QED) is 0.691. The van der Waals surface area contributed by atoms with Gasteiger partial charge in [-0.05, 0) is 36.4 Å². The molecule has 0 aliphatic heterocycles. The molecule has 7 heteroatoms. The molecular weight excluding hydrogens is 366 g/mol. The van der Waals surface area contributed by atoms with Crippen LogP contribution in [0, 0.1) is 0 Å². The van der Waals surface area contributed by atoms with E-state index in [9.17, 15) is 9.59 Å². The molecule has 2 N–H and O–H groups in total. The Labute approximate surface area is 164 Å². The molecule has 0 saturated heterocycles. The van der Waals surface area contributed by atoms with Crippen LogP contribution in [0.3, 0.4) is 0 Å². The number of carbonyl (C=O) groups is 2. The van der Waals surface area contributed by atoms with Gasteiger partial charge in [0.25, 0.3) is 0 Å². The molecule has 2 rings (SSSR count). The molecule has 144 valence electrons. The van der Waals surface area contributed by atoms with Gasteiger partial charge in [-0.1, -0.05) is 41.9 Å². The SMILES string of the molecule is COCc1ccccc1CNC(=O)CN(C)CC(=O)Nc1cccc(Cl)c1. The van der Waals surface area contributed by atoms with Crippen molar-refractivity contribution in [2.45, 2.75) is 13.2 Å². The summed E-state index contributed by atoms with van der Waals surface area (Å²) in [5.74, 6) is -0.363. The number of carbonyl (C=O) groups excluding carboxylic acids is 2. The number of anilines is 1. The molecule has 0 aromatic heterocycles. The van der Waals surface area contributed by atoms with Crippen LogP contribution in [0.2, 0.25) is 5.02 Å². The lowest BCUT2D eigenvalue weighted by Gasteiger charge is -2.16. The molecule has 0 spiro atoms. The summed E-state index contributed by atoms with van der Waals surface area (Å²) in [6.45, 7) is 1.13. The maximum absolute atomic E-state index is 12.1. The molecule has 0 heterocycles. The van der Waals surface area contributed by atoms with E-state index in [1.54, 1.807) is 43.3 Å². The molecule has 0 unspecified atom stereocenters. The van der Waals surface area contributed by atoms with Gasteiger partial charge in [-0.3, -0.25) is 14.5 Å². The lowest BCUT2D eigenvalue weighted by Crippen LogP contribution is -2.38. The monoisotopic (exact) mass is 389 g/mol. The van der Waals surface area contributed by atoms with Crippen molar-refractivity contribution in [2.24, 2.45) is 0 Å². The van der Waals surface area contributed by atoms with E-state index in [4.69, 9.17) is 16.3 Å². The maximum Gasteiger partial charge on any atom is 0.238 e. The first-order chi connectivity index (χ1) is 13.0. The smallest absolute Gasteiger partial charge is 0.238 e. The molecule has 2 aromatic rings. The van der Waals surface area contributed by atoms with Crippen molar-refractivity contribution in [3.8, 4) is 0 Å². The second-order valence-corrected chi connectivity index (χ2v) is 6.65. The van der Waals surface area contributed by atoms with Crippen LogP contribution < -0.4 is 10.6 Å². The number of hydrogen-bond donors (Lipinski definition) is 2. The molecule has 0 aliphatic rings. The third kappa shape index (κ3) is 7.38. The number of amides is 2. The minimum atomic E-state index is -0.210. The zero-order chi connectivity index (χ0) is 19.6. The van der Waals surface area contributed by atoms with Crippen LogP contribution in [0.1, 0.15) is 11.1 Å². The Morgan fingerprint density at radius 2 is 1.74 bits per heavy atom. The van der Waals surface area contributed by atoms with Crippen molar-refractivity contribution in [1.29, 1.82) is 0 Å². The fourth-order valence-electron chi connectivity index (χ4n) is 2.59. The highest BCUT2D eigenvalue weighted by Gasteiger charge is 2.11. The highest BCUT2D eigenvalue weighted by atomic mass is 35.5. The Kier molecular flexibility index (Phi) is 8.26. The second-order valence-electron chi connectivity index (χ2n) is 6.21. The summed E-state index contributed by atoms with van der Waals surface area (Å²) in [7, 11) is 3.36. The number of methoxy groups -OCH3 is 1. The summed E-state index contributed by atoms with van der Waals surface area (Å²) in [5.41, 5.74) is 2.67. The zero-order valence-electron chi connectivity index (χ0n) is 15.5. The molecule has 0 bridgehead atoms. The standard InChI is InChI=1S/C20H24ClN3O3/c1-24(13-20(26)23-18-9-5-8-17(21)10-18)12-19(25)22-11-15-6-3-4-7-16(15)14-27-2/h3-10H,11-14H2,1-2H3,(H,22,25)(H,23,26). The minimum absolute atomic E-state index is 0.0974. The van der Waals surface area contributed by atoms with Crippen LogP contribution in [-0.4, -0.2) is 44.0 Å². The van der Waals surface area contributed by atoms with E-state index in [1.807, 2.05) is 24.3 Å². The van der Waals surface area contributed by atoms with Gasteiger partial charge in [0, 0.05) is 24.4 Å². The predicted molar refractivity (Wildman–Crippen MR) is 107 cm³/mol. The van der Waals surface area contributed by atoms with Crippen LogP contribution in [0.5, 0.6) is 0 Å². The molecular formula is C20H24ClN3O3. The Morgan fingerprint density at radius 3 is 2.44 bits per heavy atom. The number of nitrogens with one attached hydrogen (secondary N) is 2. The van der Waals surface area contributed by atoms with Gasteiger partial charge < -0.3 is 15.4 Å². The van der Waals surface area contributed by atoms with Crippen molar-refractivity contribution < 1.29 is 14.3 Å². The van der Waals surface area contributed by atoms with Crippen molar-refractivity contribution in [1.82, 2.24) is 10.2 Å². The van der Waals surface area contributed by atoms with E-state index in [0.29, 0.717) is 23.9 Å². The number of rotatable bonds is 9. The summed E-state index contributed by atoms with van der Waals surface area (Å²) in [5, 5.41) is 6.18. The molecule has 2 aromatic carbocycles. The van der Waals surface area contributed by atoms with Crippen molar-refractivity contribution in [2.75, 3.05) is 32.6 Å². The first-order valence-corrected chi connectivity index (χ1v) is 8.92. The summed E-state index contributed by atoms with van der Waals surface area (Å²) in [4.78, 5) is 25.9. The summed E-state index contributed by atoms with van der Waals surface area (Å²) < 4.78 is 5.17. The summed E-state index contributed by atoms with van der Waals surface area (Å²) in [6.07, 6.45) is 0. The van der Waals surface area contributed by atoms with Gasteiger partial charge in [-0.15, -0.1) is 0 Å². The Hall–Kier alpha value is -2.41. The fraction of sp³-hybridized carbons (Fsp3) is 0.300. The van der Waals surface area contributed by atoms with Crippen LogP contribution in [0.15, 0.2) is 48.5 Å². The van der Waals surface area contributed by atoms with Crippen molar-refractivity contribution in [3.05, 3.63) is 64.7 Å². The van der Waals surface area contributed by atoms with E-state index in [2.05, 4.69) is 10.6 Å². The maximum atomic E-state index is 12.1. The van der Waals surface area contributed by atoms with Gasteiger partial charge in [-0.25, -0.2) is 0 Å². The van der Waals surface area contributed by atoms with E-state index >= 15 is 0 Å². The highest BCUT2D eigenvalue weighted by molar-refractivity contribution is 6.30. The van der Waals surface area contributed by atoms with Gasteiger partial charge in [0.1, 0.15) is 0 Å². The van der Waals surface area contributed by atoms with Gasteiger partial charge in [0.05, 0.1) is 19.7 Å². The van der Waals surface area contributed by atoms with Crippen molar-refractivity contribution in [3.63, 3.8) is 0 Å². The molecule has 2 amide bonds. The molecule has 0 aliphatic carbocycles. The third-order valence-electron chi connectivity index (χ3n) is 3.83.